The maximum Gasteiger partial charge on any atom is 0.508 e. The maximum atomic E-state index is 11.5. The standard InChI is InChI=1S/C16H24O3/c17-16(19-13-15-10-6-3-7-11-15)18-12-14-8-4-1-2-5-9-14/h1,3-4,6,14-15H,2,5,7-13H2. The van der Waals surface area contributed by atoms with Crippen molar-refractivity contribution in [1.29, 1.82) is 0 Å². The fourth-order valence-electron chi connectivity index (χ4n) is 2.62. The Hall–Kier alpha value is -1.25. The highest BCUT2D eigenvalue weighted by Gasteiger charge is 2.15. The average molecular weight is 264 g/mol. The first-order valence-corrected chi connectivity index (χ1v) is 7.44. The molecule has 3 nitrogen and oxygen atoms in total. The first kappa shape index (κ1) is 14.2. The van der Waals surface area contributed by atoms with Crippen LogP contribution in [0.5, 0.6) is 0 Å². The smallest absolute Gasteiger partial charge is 0.434 e. The molecular formula is C16H24O3. The van der Waals surface area contributed by atoms with Crippen LogP contribution in [0.2, 0.25) is 0 Å². The van der Waals surface area contributed by atoms with Crippen molar-refractivity contribution in [2.45, 2.75) is 44.9 Å². The van der Waals surface area contributed by atoms with Gasteiger partial charge in [-0.2, -0.15) is 0 Å². The number of hydrogen-bond acceptors (Lipinski definition) is 3. The molecule has 2 atom stereocenters. The first-order chi connectivity index (χ1) is 9.34. The lowest BCUT2D eigenvalue weighted by molar-refractivity contribution is 0.0330. The van der Waals surface area contributed by atoms with Crippen LogP contribution in [-0.4, -0.2) is 19.4 Å². The van der Waals surface area contributed by atoms with Crippen molar-refractivity contribution in [1.82, 2.24) is 0 Å². The molecule has 2 aliphatic carbocycles. The summed E-state index contributed by atoms with van der Waals surface area (Å²) < 4.78 is 10.4. The third-order valence-electron chi connectivity index (χ3n) is 3.87. The minimum Gasteiger partial charge on any atom is -0.434 e. The quantitative estimate of drug-likeness (QED) is 0.562. The lowest BCUT2D eigenvalue weighted by Crippen LogP contribution is -2.18. The maximum absolute atomic E-state index is 11.5. The van der Waals surface area contributed by atoms with Gasteiger partial charge in [-0.3, -0.25) is 0 Å². The average Bonchev–Trinajstić information content (AvgIpc) is 2.73. The van der Waals surface area contributed by atoms with E-state index in [2.05, 4.69) is 24.3 Å². The largest absolute Gasteiger partial charge is 0.508 e. The normalized spacial score (nSPS) is 26.7. The van der Waals surface area contributed by atoms with Gasteiger partial charge in [0, 0.05) is 0 Å². The van der Waals surface area contributed by atoms with Crippen molar-refractivity contribution in [2.24, 2.45) is 11.8 Å². The fourth-order valence-corrected chi connectivity index (χ4v) is 2.62. The second kappa shape index (κ2) is 8.03. The van der Waals surface area contributed by atoms with Crippen LogP contribution >= 0.6 is 0 Å². The molecule has 0 N–H and O–H groups in total. The van der Waals surface area contributed by atoms with Gasteiger partial charge in [-0.25, -0.2) is 4.79 Å². The Morgan fingerprint density at radius 3 is 2.16 bits per heavy atom. The van der Waals surface area contributed by atoms with Crippen LogP contribution in [0.15, 0.2) is 24.3 Å². The number of allylic oxidation sites excluding steroid dienone is 4. The van der Waals surface area contributed by atoms with E-state index in [9.17, 15) is 4.79 Å². The second-order valence-electron chi connectivity index (χ2n) is 5.53. The molecule has 0 aliphatic heterocycles. The molecule has 0 saturated carbocycles. The Morgan fingerprint density at radius 1 is 0.895 bits per heavy atom. The first-order valence-electron chi connectivity index (χ1n) is 7.44. The van der Waals surface area contributed by atoms with Crippen molar-refractivity contribution >= 4 is 6.16 Å². The Kier molecular flexibility index (Phi) is 5.99. The van der Waals surface area contributed by atoms with E-state index < -0.39 is 6.16 Å². The van der Waals surface area contributed by atoms with Gasteiger partial charge in [0.05, 0.1) is 13.2 Å². The molecule has 0 aromatic heterocycles. The summed E-state index contributed by atoms with van der Waals surface area (Å²) in [4.78, 5) is 11.5. The van der Waals surface area contributed by atoms with E-state index in [4.69, 9.17) is 9.47 Å². The highest BCUT2D eigenvalue weighted by Crippen LogP contribution is 2.20. The van der Waals surface area contributed by atoms with Crippen LogP contribution in [0.1, 0.15) is 44.9 Å². The molecular weight excluding hydrogens is 240 g/mol. The number of hydrogen-bond donors (Lipinski definition) is 0. The molecule has 106 valence electrons. The van der Waals surface area contributed by atoms with Gasteiger partial charge in [0.15, 0.2) is 0 Å². The molecule has 0 radical (unpaired) electrons. The molecule has 0 fully saturated rings. The SMILES string of the molecule is O=C(OCC1CC=CCC1)OCC1CC=CCCC1. The minimum absolute atomic E-state index is 0.462. The van der Waals surface area contributed by atoms with Crippen LogP contribution in [0.25, 0.3) is 0 Å². The molecule has 19 heavy (non-hydrogen) atoms. The summed E-state index contributed by atoms with van der Waals surface area (Å²) in [6.07, 6.45) is 16.0. The van der Waals surface area contributed by atoms with Crippen LogP contribution in [-0.2, 0) is 9.47 Å². The van der Waals surface area contributed by atoms with Crippen molar-refractivity contribution < 1.29 is 14.3 Å². The zero-order valence-electron chi connectivity index (χ0n) is 11.6. The van der Waals surface area contributed by atoms with Crippen molar-refractivity contribution in [3.05, 3.63) is 24.3 Å². The van der Waals surface area contributed by atoms with E-state index in [-0.39, 0.29) is 0 Å². The van der Waals surface area contributed by atoms with Crippen LogP contribution in [0.3, 0.4) is 0 Å². The molecule has 0 saturated heterocycles. The molecule has 0 aromatic rings. The van der Waals surface area contributed by atoms with E-state index >= 15 is 0 Å². The van der Waals surface area contributed by atoms with Crippen LogP contribution in [0, 0.1) is 11.8 Å². The molecule has 0 aromatic carbocycles. The summed E-state index contributed by atoms with van der Waals surface area (Å²) in [6.45, 7) is 0.988. The predicted octanol–water partition coefficient (Wildman–Crippen LogP) is 4.24. The molecule has 0 amide bonds. The van der Waals surface area contributed by atoms with Gasteiger partial charge in [-0.1, -0.05) is 24.3 Å². The van der Waals surface area contributed by atoms with Gasteiger partial charge >= 0.3 is 6.16 Å². The van der Waals surface area contributed by atoms with Gasteiger partial charge in [-0.05, 0) is 56.8 Å². The minimum atomic E-state index is -0.497. The van der Waals surface area contributed by atoms with E-state index in [1.54, 1.807) is 0 Å². The molecule has 0 bridgehead atoms. The zero-order chi connectivity index (χ0) is 13.3. The van der Waals surface area contributed by atoms with Crippen molar-refractivity contribution in [3.63, 3.8) is 0 Å². The molecule has 2 unspecified atom stereocenters. The third-order valence-corrected chi connectivity index (χ3v) is 3.87. The fraction of sp³-hybridized carbons (Fsp3) is 0.688. The van der Waals surface area contributed by atoms with Gasteiger partial charge < -0.3 is 9.47 Å². The number of carbonyl (C=O) groups excluding carboxylic acids is 1. The van der Waals surface area contributed by atoms with E-state index in [0.29, 0.717) is 25.0 Å². The molecule has 0 spiro atoms. The second-order valence-corrected chi connectivity index (χ2v) is 5.53. The summed E-state index contributed by atoms with van der Waals surface area (Å²) in [5, 5.41) is 0. The third kappa shape index (κ3) is 5.50. The highest BCUT2D eigenvalue weighted by molar-refractivity contribution is 5.59. The Balaban J connectivity index is 1.58. The Morgan fingerprint density at radius 2 is 1.53 bits per heavy atom. The zero-order valence-corrected chi connectivity index (χ0v) is 11.6. The molecule has 3 heteroatoms. The molecule has 2 aliphatic rings. The van der Waals surface area contributed by atoms with E-state index in [0.717, 1.165) is 38.5 Å². The van der Waals surface area contributed by atoms with Gasteiger partial charge in [-0.15, -0.1) is 0 Å². The van der Waals surface area contributed by atoms with Gasteiger partial charge in [0.25, 0.3) is 0 Å². The summed E-state index contributed by atoms with van der Waals surface area (Å²) in [5.41, 5.74) is 0. The van der Waals surface area contributed by atoms with Gasteiger partial charge in [0.2, 0.25) is 0 Å². The van der Waals surface area contributed by atoms with Crippen molar-refractivity contribution in [3.8, 4) is 0 Å². The van der Waals surface area contributed by atoms with E-state index in [1.807, 2.05) is 0 Å². The lowest BCUT2D eigenvalue weighted by Gasteiger charge is -2.18. The molecule has 0 heterocycles. The number of rotatable bonds is 4. The summed E-state index contributed by atoms with van der Waals surface area (Å²) >= 11 is 0. The van der Waals surface area contributed by atoms with Gasteiger partial charge in [0.1, 0.15) is 0 Å². The Bertz CT molecular complexity index is 333. The lowest BCUT2D eigenvalue weighted by atomic mass is 9.95. The summed E-state index contributed by atoms with van der Waals surface area (Å²) in [6, 6.07) is 0. The summed E-state index contributed by atoms with van der Waals surface area (Å²) in [5.74, 6) is 0.933. The number of carbonyl (C=O) groups is 1. The van der Waals surface area contributed by atoms with E-state index in [1.165, 1.54) is 6.42 Å². The molecule has 2 rings (SSSR count). The number of ether oxygens (including phenoxy) is 2. The van der Waals surface area contributed by atoms with Crippen LogP contribution in [0.4, 0.5) is 4.79 Å². The highest BCUT2D eigenvalue weighted by atomic mass is 16.7. The summed E-state index contributed by atoms with van der Waals surface area (Å²) in [7, 11) is 0. The predicted molar refractivity (Wildman–Crippen MR) is 74.9 cm³/mol. The van der Waals surface area contributed by atoms with Crippen LogP contribution < -0.4 is 0 Å². The topological polar surface area (TPSA) is 35.5 Å². The Labute approximate surface area is 115 Å². The monoisotopic (exact) mass is 264 g/mol. The van der Waals surface area contributed by atoms with Crippen molar-refractivity contribution in [2.75, 3.05) is 13.2 Å².